The lowest BCUT2D eigenvalue weighted by Gasteiger charge is -2.24. The number of carbonyl (C=O) groups is 3. The molecule has 0 amide bonds. The van der Waals surface area contributed by atoms with Crippen molar-refractivity contribution in [1.82, 2.24) is 0 Å². The summed E-state index contributed by atoms with van der Waals surface area (Å²) in [5.41, 5.74) is 0. The van der Waals surface area contributed by atoms with Crippen LogP contribution in [0.2, 0.25) is 0 Å². The van der Waals surface area contributed by atoms with Crippen LogP contribution in [0.5, 0.6) is 0 Å². The normalized spacial score (nSPS) is 13.6. The van der Waals surface area contributed by atoms with Crippen molar-refractivity contribution in [3.8, 4) is 0 Å². The minimum absolute atomic E-state index is 0.0238. The Morgan fingerprint density at radius 3 is 1.54 bits per heavy atom. The first-order valence-corrected chi connectivity index (χ1v) is 20.7. The molecule has 11 heteroatoms. The zero-order valence-electron chi connectivity index (χ0n) is 31.3. The molecule has 0 aliphatic heterocycles. The SMILES string of the molecule is CCCCCCCCCCCCCCCC(=O)OC[C@H](COP(=O)(O)OCC[N+](C)(C)C)OC(=O)CCCCCCCCCCCC=O. The Balaban J connectivity index is 4.39. The lowest BCUT2D eigenvalue weighted by molar-refractivity contribution is -0.870. The third kappa shape index (κ3) is 34.5. The Kier molecular flexibility index (Phi) is 30.8. The fraction of sp³-hybridized carbons (Fsp3) is 0.919. The first kappa shape index (κ1) is 46.7. The van der Waals surface area contributed by atoms with Crippen LogP contribution in [0.4, 0.5) is 0 Å². The summed E-state index contributed by atoms with van der Waals surface area (Å²) in [6.45, 7) is 2.12. The average Bonchev–Trinajstić information content (AvgIpc) is 3.02. The van der Waals surface area contributed by atoms with Gasteiger partial charge < -0.3 is 23.6 Å². The van der Waals surface area contributed by atoms with E-state index in [1.165, 1.54) is 64.2 Å². The van der Waals surface area contributed by atoms with Crippen LogP contribution >= 0.6 is 7.82 Å². The number of esters is 2. The molecule has 48 heavy (non-hydrogen) atoms. The van der Waals surface area contributed by atoms with Crippen molar-refractivity contribution >= 4 is 26.0 Å². The topological polar surface area (TPSA) is 125 Å². The number of likely N-dealkylation sites (N-methyl/N-ethyl adjacent to an activating group) is 1. The third-order valence-electron chi connectivity index (χ3n) is 8.36. The summed E-state index contributed by atoms with van der Waals surface area (Å²) in [5, 5.41) is 0. The molecule has 0 aromatic rings. The quantitative estimate of drug-likeness (QED) is 0.0223. The summed E-state index contributed by atoms with van der Waals surface area (Å²) >= 11 is 0. The summed E-state index contributed by atoms with van der Waals surface area (Å²) < 4.78 is 34.1. The maximum atomic E-state index is 12.6. The van der Waals surface area contributed by atoms with Gasteiger partial charge in [0.15, 0.2) is 6.10 Å². The predicted octanol–water partition coefficient (Wildman–Crippen LogP) is 9.25. The molecule has 0 saturated heterocycles. The first-order chi connectivity index (χ1) is 23.0. The number of hydrogen-bond acceptors (Lipinski definition) is 8. The number of phosphoric acid groups is 1. The van der Waals surface area contributed by atoms with Crippen molar-refractivity contribution in [2.24, 2.45) is 0 Å². The van der Waals surface area contributed by atoms with Crippen molar-refractivity contribution in [1.29, 1.82) is 0 Å². The van der Waals surface area contributed by atoms with E-state index in [0.29, 0.717) is 23.9 Å². The van der Waals surface area contributed by atoms with Crippen LogP contribution in [0.3, 0.4) is 0 Å². The molecule has 284 valence electrons. The smallest absolute Gasteiger partial charge is 0.462 e. The lowest BCUT2D eigenvalue weighted by Crippen LogP contribution is -2.37. The standard InChI is InChI=1S/C37H72NO9P/c1-5-6-7-8-9-10-11-12-13-16-19-22-25-28-36(40)44-33-35(34-46-48(42,43)45-32-30-38(2,3)4)47-37(41)29-26-23-20-17-14-15-18-21-24-27-31-39/h31,35H,5-30,32-34H2,1-4H3/p+1/t35-/m1/s1. The van der Waals surface area contributed by atoms with Crippen molar-refractivity contribution in [3.63, 3.8) is 0 Å². The number of nitrogens with zero attached hydrogens (tertiary/aromatic N) is 1. The van der Waals surface area contributed by atoms with Crippen molar-refractivity contribution in [2.75, 3.05) is 47.5 Å². The van der Waals surface area contributed by atoms with E-state index in [1.54, 1.807) is 0 Å². The molecular weight excluding hydrogens is 633 g/mol. The molecule has 0 bridgehead atoms. The van der Waals surface area contributed by atoms with Crippen molar-refractivity contribution < 1.29 is 46.8 Å². The van der Waals surface area contributed by atoms with E-state index in [1.807, 2.05) is 21.1 Å². The van der Waals surface area contributed by atoms with Gasteiger partial charge in [0, 0.05) is 19.3 Å². The van der Waals surface area contributed by atoms with E-state index in [0.717, 1.165) is 76.9 Å². The third-order valence-corrected chi connectivity index (χ3v) is 9.34. The number of rotatable bonds is 36. The van der Waals surface area contributed by atoms with Gasteiger partial charge in [-0.15, -0.1) is 0 Å². The van der Waals surface area contributed by atoms with E-state index >= 15 is 0 Å². The van der Waals surface area contributed by atoms with E-state index in [2.05, 4.69) is 6.92 Å². The van der Waals surface area contributed by atoms with Gasteiger partial charge in [-0.2, -0.15) is 0 Å². The predicted molar refractivity (Wildman–Crippen MR) is 193 cm³/mol. The molecule has 0 aromatic carbocycles. The second kappa shape index (κ2) is 31.6. The zero-order chi connectivity index (χ0) is 35.8. The Morgan fingerprint density at radius 2 is 1.08 bits per heavy atom. The number of carbonyl (C=O) groups excluding carboxylic acids is 3. The highest BCUT2D eigenvalue weighted by Crippen LogP contribution is 2.43. The maximum absolute atomic E-state index is 12.6. The number of unbranched alkanes of at least 4 members (excludes halogenated alkanes) is 21. The highest BCUT2D eigenvalue weighted by atomic mass is 31.2. The van der Waals surface area contributed by atoms with E-state index in [4.69, 9.17) is 18.5 Å². The zero-order valence-corrected chi connectivity index (χ0v) is 32.2. The summed E-state index contributed by atoms with van der Waals surface area (Å²) in [6, 6.07) is 0. The highest BCUT2D eigenvalue weighted by molar-refractivity contribution is 7.47. The summed E-state index contributed by atoms with van der Waals surface area (Å²) in [6.07, 6.45) is 26.2. The number of quaternary nitrogens is 1. The van der Waals surface area contributed by atoms with Crippen LogP contribution < -0.4 is 0 Å². The summed E-state index contributed by atoms with van der Waals surface area (Å²) in [7, 11) is 1.44. The molecule has 0 rings (SSSR count). The van der Waals surface area contributed by atoms with Gasteiger partial charge in [0.2, 0.25) is 0 Å². The number of ether oxygens (including phenoxy) is 2. The molecular formula is C37H73NO9P+. The minimum Gasteiger partial charge on any atom is -0.462 e. The molecule has 10 nitrogen and oxygen atoms in total. The van der Waals surface area contributed by atoms with E-state index in [9.17, 15) is 23.8 Å². The van der Waals surface area contributed by atoms with Gasteiger partial charge in [-0.3, -0.25) is 18.6 Å². The Labute approximate surface area is 293 Å². The van der Waals surface area contributed by atoms with Crippen molar-refractivity contribution in [2.45, 2.75) is 174 Å². The molecule has 0 aromatic heterocycles. The number of hydrogen-bond donors (Lipinski definition) is 1. The van der Waals surface area contributed by atoms with Gasteiger partial charge in [-0.05, 0) is 19.3 Å². The average molecular weight is 707 g/mol. The lowest BCUT2D eigenvalue weighted by atomic mass is 10.0. The van der Waals surface area contributed by atoms with Crippen LogP contribution in [-0.4, -0.2) is 81.2 Å². The maximum Gasteiger partial charge on any atom is 0.472 e. The fourth-order valence-electron chi connectivity index (χ4n) is 5.29. The molecule has 1 unspecified atom stereocenters. The van der Waals surface area contributed by atoms with Gasteiger partial charge in [-0.1, -0.05) is 129 Å². The minimum atomic E-state index is -4.37. The monoisotopic (exact) mass is 707 g/mol. The molecule has 0 aliphatic carbocycles. The van der Waals surface area contributed by atoms with Gasteiger partial charge >= 0.3 is 19.8 Å². The Hall–Kier alpha value is -1.32. The summed E-state index contributed by atoms with van der Waals surface area (Å²) in [5.74, 6) is -0.834. The molecule has 2 atom stereocenters. The largest absolute Gasteiger partial charge is 0.472 e. The molecule has 0 radical (unpaired) electrons. The van der Waals surface area contributed by atoms with Gasteiger partial charge in [0.05, 0.1) is 27.7 Å². The second-order valence-corrected chi connectivity index (χ2v) is 15.7. The molecule has 0 heterocycles. The van der Waals surface area contributed by atoms with E-state index < -0.39 is 26.5 Å². The second-order valence-electron chi connectivity index (χ2n) is 14.3. The van der Waals surface area contributed by atoms with Crippen LogP contribution in [0.25, 0.3) is 0 Å². The fourth-order valence-corrected chi connectivity index (χ4v) is 6.03. The molecule has 0 fully saturated rings. The van der Waals surface area contributed by atoms with E-state index in [-0.39, 0.29) is 32.0 Å². The molecule has 0 aliphatic rings. The van der Waals surface area contributed by atoms with Gasteiger partial charge in [0.1, 0.15) is 26.0 Å². The van der Waals surface area contributed by atoms with Crippen LogP contribution in [0.1, 0.15) is 167 Å². The van der Waals surface area contributed by atoms with Crippen molar-refractivity contribution in [3.05, 3.63) is 0 Å². The highest BCUT2D eigenvalue weighted by Gasteiger charge is 2.27. The van der Waals surface area contributed by atoms with Gasteiger partial charge in [0.25, 0.3) is 0 Å². The summed E-state index contributed by atoms with van der Waals surface area (Å²) in [4.78, 5) is 45.5. The first-order valence-electron chi connectivity index (χ1n) is 19.2. The molecule has 1 N–H and O–H groups in total. The molecule has 0 spiro atoms. The Morgan fingerprint density at radius 1 is 0.646 bits per heavy atom. The van der Waals surface area contributed by atoms with Crippen LogP contribution in [0.15, 0.2) is 0 Å². The van der Waals surface area contributed by atoms with Crippen LogP contribution in [-0.2, 0) is 37.5 Å². The Bertz CT molecular complexity index is 834. The number of phosphoric ester groups is 1. The van der Waals surface area contributed by atoms with Gasteiger partial charge in [-0.25, -0.2) is 4.57 Å². The van der Waals surface area contributed by atoms with Crippen LogP contribution in [0, 0.1) is 0 Å². The molecule has 0 saturated carbocycles. The number of aldehydes is 1.